The third-order valence-electron chi connectivity index (χ3n) is 2.35. The number of phenols is 1. The van der Waals surface area contributed by atoms with Crippen LogP contribution < -0.4 is 11.1 Å². The van der Waals surface area contributed by atoms with Crippen LogP contribution in [0.25, 0.3) is 0 Å². The summed E-state index contributed by atoms with van der Waals surface area (Å²) in [5.41, 5.74) is 6.17. The van der Waals surface area contributed by atoms with Crippen molar-refractivity contribution in [2.24, 2.45) is 0 Å². The van der Waals surface area contributed by atoms with Crippen molar-refractivity contribution < 1.29 is 9.90 Å². The number of hydrogen-bond donors (Lipinski definition) is 3. The topological polar surface area (TPSA) is 75.4 Å². The molecule has 0 unspecified atom stereocenters. The monoisotopic (exact) mass is 254 g/mol. The summed E-state index contributed by atoms with van der Waals surface area (Å²) in [5, 5.41) is 12.2. The molecule has 1 aromatic carbocycles. The van der Waals surface area contributed by atoms with Crippen molar-refractivity contribution in [3.05, 3.63) is 23.8 Å². The minimum atomic E-state index is -0.176. The van der Waals surface area contributed by atoms with E-state index in [2.05, 4.69) is 11.6 Å². The van der Waals surface area contributed by atoms with Crippen molar-refractivity contribution in [1.29, 1.82) is 0 Å². The van der Waals surface area contributed by atoms with Gasteiger partial charge in [0, 0.05) is 12.1 Å². The maximum Gasteiger partial charge on any atom is 0.251 e. The molecule has 0 atom stereocenters. The normalized spacial score (nSPS) is 10.2. The number of nitrogen functional groups attached to an aromatic ring is 1. The third-order valence-corrected chi connectivity index (χ3v) is 3.05. The smallest absolute Gasteiger partial charge is 0.251 e. The first-order valence-electron chi connectivity index (χ1n) is 5.50. The number of rotatable bonds is 6. The van der Waals surface area contributed by atoms with Crippen LogP contribution in [0.1, 0.15) is 23.2 Å². The molecule has 0 fully saturated rings. The van der Waals surface area contributed by atoms with Crippen LogP contribution in [0.15, 0.2) is 18.2 Å². The molecule has 0 aromatic heterocycles. The molecule has 1 rings (SSSR count). The predicted octanol–water partition coefficient (Wildman–Crippen LogP) is 1.85. The maximum absolute atomic E-state index is 11.7. The van der Waals surface area contributed by atoms with E-state index in [4.69, 9.17) is 5.73 Å². The number of aromatic hydroxyl groups is 1. The Labute approximate surface area is 106 Å². The fraction of sp³-hybridized carbons (Fsp3) is 0.417. The Hall–Kier alpha value is -1.36. The molecule has 0 radical (unpaired) electrons. The zero-order valence-corrected chi connectivity index (χ0v) is 10.7. The van der Waals surface area contributed by atoms with E-state index < -0.39 is 0 Å². The van der Waals surface area contributed by atoms with Gasteiger partial charge in [0.15, 0.2) is 0 Å². The molecule has 5 heteroatoms. The van der Waals surface area contributed by atoms with Gasteiger partial charge in [-0.25, -0.2) is 0 Å². The number of nitrogens with one attached hydrogen (secondary N) is 1. The first kappa shape index (κ1) is 13.7. The van der Waals surface area contributed by atoms with Gasteiger partial charge in [-0.2, -0.15) is 11.8 Å². The number of unbranched alkanes of at least 4 members (excludes halogenated alkanes) is 1. The van der Waals surface area contributed by atoms with Gasteiger partial charge in [-0.05, 0) is 43.0 Å². The Morgan fingerprint density at radius 3 is 2.88 bits per heavy atom. The quantitative estimate of drug-likeness (QED) is 0.411. The highest BCUT2D eigenvalue weighted by molar-refractivity contribution is 7.98. The summed E-state index contributed by atoms with van der Waals surface area (Å²) in [5.74, 6) is 0.878. The van der Waals surface area contributed by atoms with Gasteiger partial charge in [-0.3, -0.25) is 4.79 Å². The summed E-state index contributed by atoms with van der Waals surface area (Å²) < 4.78 is 0. The standard InChI is InChI=1S/C12H18N2O2S/c1-17-7-3-2-6-14-12(16)9-4-5-10(13)11(15)8-9/h4-5,8,15H,2-3,6-7,13H2,1H3,(H,14,16). The minimum Gasteiger partial charge on any atom is -0.506 e. The molecule has 17 heavy (non-hydrogen) atoms. The van der Waals surface area contributed by atoms with Gasteiger partial charge in [-0.15, -0.1) is 0 Å². The van der Waals surface area contributed by atoms with Crippen LogP contribution in [0.2, 0.25) is 0 Å². The second-order valence-corrected chi connectivity index (χ2v) is 4.72. The van der Waals surface area contributed by atoms with Crippen molar-refractivity contribution in [2.75, 3.05) is 24.3 Å². The van der Waals surface area contributed by atoms with Crippen LogP contribution in [0.3, 0.4) is 0 Å². The summed E-state index contributed by atoms with van der Waals surface area (Å²) in [4.78, 5) is 11.7. The number of amides is 1. The summed E-state index contributed by atoms with van der Waals surface area (Å²) in [6, 6.07) is 4.51. The first-order chi connectivity index (χ1) is 8.15. The molecule has 4 N–H and O–H groups in total. The number of thioether (sulfide) groups is 1. The van der Waals surface area contributed by atoms with Gasteiger partial charge < -0.3 is 16.2 Å². The lowest BCUT2D eigenvalue weighted by atomic mass is 10.2. The number of anilines is 1. The maximum atomic E-state index is 11.7. The van der Waals surface area contributed by atoms with Crippen LogP contribution in [0.4, 0.5) is 5.69 Å². The first-order valence-corrected chi connectivity index (χ1v) is 6.90. The molecule has 1 aromatic rings. The Balaban J connectivity index is 2.39. The van der Waals surface area contributed by atoms with Crippen LogP contribution in [-0.2, 0) is 0 Å². The Morgan fingerprint density at radius 2 is 2.24 bits per heavy atom. The van der Waals surface area contributed by atoms with Crippen molar-refractivity contribution >= 4 is 23.4 Å². The Morgan fingerprint density at radius 1 is 1.47 bits per heavy atom. The molecule has 0 aliphatic heterocycles. The molecule has 0 saturated carbocycles. The van der Waals surface area contributed by atoms with Gasteiger partial charge in [0.2, 0.25) is 0 Å². The van der Waals surface area contributed by atoms with Gasteiger partial charge in [0.1, 0.15) is 5.75 Å². The largest absolute Gasteiger partial charge is 0.506 e. The van der Waals surface area contributed by atoms with Crippen molar-refractivity contribution in [3.63, 3.8) is 0 Å². The third kappa shape index (κ3) is 4.56. The van der Waals surface area contributed by atoms with Gasteiger partial charge in [-0.1, -0.05) is 0 Å². The van der Waals surface area contributed by atoms with Gasteiger partial charge in [0.25, 0.3) is 5.91 Å². The van der Waals surface area contributed by atoms with Crippen molar-refractivity contribution in [1.82, 2.24) is 5.32 Å². The van der Waals surface area contributed by atoms with Crippen LogP contribution in [0, 0.1) is 0 Å². The summed E-state index contributed by atoms with van der Waals surface area (Å²) in [7, 11) is 0. The summed E-state index contributed by atoms with van der Waals surface area (Å²) >= 11 is 1.80. The van der Waals surface area contributed by atoms with E-state index in [0.717, 1.165) is 18.6 Å². The molecular weight excluding hydrogens is 236 g/mol. The molecule has 94 valence electrons. The number of nitrogens with two attached hydrogens (primary N) is 1. The molecule has 0 bridgehead atoms. The van der Waals surface area contributed by atoms with Crippen molar-refractivity contribution in [2.45, 2.75) is 12.8 Å². The summed E-state index contributed by atoms with van der Waals surface area (Å²) in [6.45, 7) is 0.657. The number of carbonyl (C=O) groups excluding carboxylic acids is 1. The van der Waals surface area contributed by atoms with E-state index in [-0.39, 0.29) is 17.3 Å². The zero-order valence-electron chi connectivity index (χ0n) is 9.90. The number of benzene rings is 1. The van der Waals surface area contributed by atoms with Crippen LogP contribution in [0.5, 0.6) is 5.75 Å². The van der Waals surface area contributed by atoms with E-state index in [0.29, 0.717) is 12.1 Å². The fourth-order valence-electron chi connectivity index (χ4n) is 1.36. The highest BCUT2D eigenvalue weighted by Gasteiger charge is 2.06. The molecule has 0 aliphatic carbocycles. The average Bonchev–Trinajstić information content (AvgIpc) is 2.32. The lowest BCUT2D eigenvalue weighted by Crippen LogP contribution is -2.24. The molecule has 0 heterocycles. The second-order valence-electron chi connectivity index (χ2n) is 3.73. The van der Waals surface area contributed by atoms with Crippen LogP contribution in [-0.4, -0.2) is 29.6 Å². The molecule has 4 nitrogen and oxygen atoms in total. The number of carbonyl (C=O) groups is 1. The van der Waals surface area contributed by atoms with E-state index >= 15 is 0 Å². The van der Waals surface area contributed by atoms with Gasteiger partial charge >= 0.3 is 0 Å². The Kier molecular flexibility index (Phi) is 5.69. The predicted molar refractivity (Wildman–Crippen MR) is 72.5 cm³/mol. The zero-order chi connectivity index (χ0) is 12.7. The lowest BCUT2D eigenvalue weighted by Gasteiger charge is -2.06. The molecule has 0 spiro atoms. The molecule has 0 aliphatic rings. The lowest BCUT2D eigenvalue weighted by molar-refractivity contribution is 0.0953. The molecular formula is C12H18N2O2S. The SMILES string of the molecule is CSCCCCNC(=O)c1ccc(N)c(O)c1. The molecule has 1 amide bonds. The highest BCUT2D eigenvalue weighted by atomic mass is 32.2. The van der Waals surface area contributed by atoms with Crippen molar-refractivity contribution in [3.8, 4) is 5.75 Å². The second kappa shape index (κ2) is 7.06. The Bertz CT molecular complexity index is 383. The highest BCUT2D eigenvalue weighted by Crippen LogP contribution is 2.20. The fourth-order valence-corrected chi connectivity index (χ4v) is 1.85. The van der Waals surface area contributed by atoms with E-state index in [1.165, 1.54) is 12.1 Å². The summed E-state index contributed by atoms with van der Waals surface area (Å²) in [6.07, 6.45) is 4.12. The van der Waals surface area contributed by atoms with E-state index in [1.807, 2.05) is 0 Å². The minimum absolute atomic E-state index is 0.0555. The van der Waals surface area contributed by atoms with Gasteiger partial charge in [0.05, 0.1) is 5.69 Å². The number of hydrogen-bond acceptors (Lipinski definition) is 4. The van der Waals surface area contributed by atoms with E-state index in [1.54, 1.807) is 17.8 Å². The van der Waals surface area contributed by atoms with E-state index in [9.17, 15) is 9.90 Å². The van der Waals surface area contributed by atoms with Crippen LogP contribution >= 0.6 is 11.8 Å². The molecule has 0 saturated heterocycles. The average molecular weight is 254 g/mol. The number of phenolic OH excluding ortho intramolecular Hbond substituents is 1.